The zero-order valence-electron chi connectivity index (χ0n) is 15.8. The van der Waals surface area contributed by atoms with Gasteiger partial charge in [-0.3, -0.25) is 4.99 Å². The Bertz CT molecular complexity index is 950. The molecule has 0 unspecified atom stereocenters. The van der Waals surface area contributed by atoms with Gasteiger partial charge in [-0.05, 0) is 54.2 Å². The van der Waals surface area contributed by atoms with E-state index in [1.165, 1.54) is 59.7 Å². The molecule has 1 heterocycles. The fourth-order valence-corrected chi connectivity index (χ4v) is 4.18. The monoisotopic (exact) mass is 343 g/mol. The zero-order valence-corrected chi connectivity index (χ0v) is 15.8. The van der Waals surface area contributed by atoms with E-state index in [0.717, 1.165) is 5.69 Å². The van der Waals surface area contributed by atoms with Gasteiger partial charge in [0.05, 0.1) is 5.56 Å². The van der Waals surface area contributed by atoms with Gasteiger partial charge >= 0.3 is 0 Å². The Morgan fingerprint density at radius 1 is 0.962 bits per heavy atom. The van der Waals surface area contributed by atoms with Gasteiger partial charge in [-0.1, -0.05) is 49.6 Å². The fourth-order valence-electron chi connectivity index (χ4n) is 4.18. The number of pyridine rings is 1. The summed E-state index contributed by atoms with van der Waals surface area (Å²) in [6.45, 7) is 2.22. The molecule has 0 spiro atoms. The molecule has 3 aromatic rings. The highest BCUT2D eigenvalue weighted by molar-refractivity contribution is 5.92. The fraction of sp³-hybridized carbons (Fsp3) is 0.333. The standard InChI is InChI=1S/C24H27N2/c1-18-21-12-7-6-11-20(21)14-15-22(18)24-23(13-8-16-26(24)2)25-17-19-9-4-3-5-10-19/h6-8,11-17,19H,3-5,9-10H2,1-2H3/q+1. The van der Waals surface area contributed by atoms with E-state index in [2.05, 4.69) is 79.5 Å². The molecule has 4 rings (SSSR count). The highest BCUT2D eigenvalue weighted by atomic mass is 14.9. The summed E-state index contributed by atoms with van der Waals surface area (Å²) in [6, 6.07) is 17.3. The summed E-state index contributed by atoms with van der Waals surface area (Å²) in [5, 5.41) is 2.61. The maximum Gasteiger partial charge on any atom is 0.238 e. The molecule has 1 saturated carbocycles. The van der Waals surface area contributed by atoms with Gasteiger partial charge in [-0.15, -0.1) is 0 Å². The van der Waals surface area contributed by atoms with Gasteiger partial charge in [0, 0.05) is 12.3 Å². The lowest BCUT2D eigenvalue weighted by atomic mass is 9.90. The lowest BCUT2D eigenvalue weighted by Crippen LogP contribution is -2.30. The number of benzene rings is 2. The summed E-state index contributed by atoms with van der Waals surface area (Å²) < 4.78 is 2.20. The molecule has 1 aliphatic carbocycles. The molecule has 132 valence electrons. The van der Waals surface area contributed by atoms with Crippen LogP contribution in [0, 0.1) is 12.8 Å². The zero-order chi connectivity index (χ0) is 17.9. The number of rotatable bonds is 3. The van der Waals surface area contributed by atoms with Crippen LogP contribution >= 0.6 is 0 Å². The van der Waals surface area contributed by atoms with Gasteiger partial charge < -0.3 is 0 Å². The molecule has 0 aliphatic heterocycles. The van der Waals surface area contributed by atoms with E-state index in [-0.39, 0.29) is 0 Å². The predicted octanol–water partition coefficient (Wildman–Crippen LogP) is 5.92. The molecule has 26 heavy (non-hydrogen) atoms. The lowest BCUT2D eigenvalue weighted by molar-refractivity contribution is -0.659. The molecule has 0 bridgehead atoms. The quantitative estimate of drug-likeness (QED) is 0.414. The molecule has 2 nitrogen and oxygen atoms in total. The number of aromatic nitrogens is 1. The van der Waals surface area contributed by atoms with Crippen molar-refractivity contribution in [2.45, 2.75) is 39.0 Å². The molecule has 0 radical (unpaired) electrons. The molecule has 1 aromatic heterocycles. The van der Waals surface area contributed by atoms with Crippen molar-refractivity contribution < 1.29 is 4.57 Å². The van der Waals surface area contributed by atoms with Crippen molar-refractivity contribution in [3.63, 3.8) is 0 Å². The molecular weight excluding hydrogens is 316 g/mol. The number of aliphatic imine (C=N–C) groups is 1. The number of hydrogen-bond donors (Lipinski definition) is 0. The van der Waals surface area contributed by atoms with E-state index < -0.39 is 0 Å². The van der Waals surface area contributed by atoms with E-state index in [0.29, 0.717) is 5.92 Å². The van der Waals surface area contributed by atoms with Gasteiger partial charge in [-0.2, -0.15) is 4.57 Å². The van der Waals surface area contributed by atoms with Gasteiger partial charge in [0.15, 0.2) is 6.20 Å². The first-order chi connectivity index (χ1) is 12.7. The van der Waals surface area contributed by atoms with Crippen LogP contribution in [0.2, 0.25) is 0 Å². The second-order valence-corrected chi connectivity index (χ2v) is 7.49. The van der Waals surface area contributed by atoms with Crippen LogP contribution in [0.1, 0.15) is 37.7 Å². The summed E-state index contributed by atoms with van der Waals surface area (Å²) >= 11 is 0. The summed E-state index contributed by atoms with van der Waals surface area (Å²) in [6.07, 6.45) is 11.0. The van der Waals surface area contributed by atoms with Crippen molar-refractivity contribution >= 4 is 22.7 Å². The van der Waals surface area contributed by atoms with E-state index >= 15 is 0 Å². The summed E-state index contributed by atoms with van der Waals surface area (Å²) in [5.74, 6) is 0.639. The highest BCUT2D eigenvalue weighted by Crippen LogP contribution is 2.33. The maximum absolute atomic E-state index is 4.94. The van der Waals surface area contributed by atoms with E-state index in [1.54, 1.807) is 0 Å². The van der Waals surface area contributed by atoms with Gasteiger partial charge in [-0.25, -0.2) is 0 Å². The smallest absolute Gasteiger partial charge is 0.238 e. The lowest BCUT2D eigenvalue weighted by Gasteiger charge is -2.17. The molecule has 2 heteroatoms. The Labute approximate surface area is 156 Å². The van der Waals surface area contributed by atoms with Gasteiger partial charge in [0.2, 0.25) is 5.69 Å². The Morgan fingerprint density at radius 2 is 1.77 bits per heavy atom. The second kappa shape index (κ2) is 7.41. The first-order valence-corrected chi connectivity index (χ1v) is 9.75. The van der Waals surface area contributed by atoms with Gasteiger partial charge in [0.1, 0.15) is 12.7 Å². The normalized spacial score (nSPS) is 15.8. The van der Waals surface area contributed by atoms with Crippen molar-refractivity contribution in [2.24, 2.45) is 18.0 Å². The molecule has 0 amide bonds. The van der Waals surface area contributed by atoms with E-state index in [4.69, 9.17) is 4.99 Å². The molecular formula is C24H27N2+. The van der Waals surface area contributed by atoms with Crippen LogP contribution in [-0.4, -0.2) is 6.21 Å². The van der Waals surface area contributed by atoms with Crippen LogP contribution < -0.4 is 4.57 Å². The molecule has 0 N–H and O–H groups in total. The summed E-state index contributed by atoms with van der Waals surface area (Å²) in [7, 11) is 2.11. The van der Waals surface area contributed by atoms with Crippen LogP contribution in [0.4, 0.5) is 5.69 Å². The SMILES string of the molecule is Cc1c(-c2c(N=CC3CCCCC3)ccc[n+]2C)ccc2ccccc12. The number of fused-ring (bicyclic) bond motifs is 1. The number of nitrogens with zero attached hydrogens (tertiary/aromatic N) is 2. The first-order valence-electron chi connectivity index (χ1n) is 9.75. The Hall–Kier alpha value is -2.48. The van der Waals surface area contributed by atoms with E-state index in [9.17, 15) is 0 Å². The summed E-state index contributed by atoms with van der Waals surface area (Å²) in [5.41, 5.74) is 4.85. The second-order valence-electron chi connectivity index (χ2n) is 7.49. The van der Waals surface area contributed by atoms with Crippen LogP contribution in [0.25, 0.3) is 22.0 Å². The maximum atomic E-state index is 4.94. The average Bonchev–Trinajstić information content (AvgIpc) is 2.68. The van der Waals surface area contributed by atoms with Crippen LogP contribution in [0.5, 0.6) is 0 Å². The van der Waals surface area contributed by atoms with Crippen LogP contribution in [0.15, 0.2) is 59.7 Å². The largest absolute Gasteiger partial charge is 0.254 e. The molecule has 0 atom stereocenters. The Morgan fingerprint density at radius 3 is 2.62 bits per heavy atom. The van der Waals surface area contributed by atoms with Crippen LogP contribution in [0.3, 0.4) is 0 Å². The first kappa shape index (κ1) is 17.0. The average molecular weight is 343 g/mol. The molecule has 0 saturated heterocycles. The van der Waals surface area contributed by atoms with Crippen molar-refractivity contribution in [3.8, 4) is 11.3 Å². The topological polar surface area (TPSA) is 16.2 Å². The third kappa shape index (κ3) is 3.29. The van der Waals surface area contributed by atoms with E-state index in [1.807, 2.05) is 0 Å². The highest BCUT2D eigenvalue weighted by Gasteiger charge is 2.19. The van der Waals surface area contributed by atoms with Crippen molar-refractivity contribution in [2.75, 3.05) is 0 Å². The summed E-state index contributed by atoms with van der Waals surface area (Å²) in [4.78, 5) is 4.94. The number of aryl methyl sites for hydroxylation is 2. The van der Waals surface area contributed by atoms with Crippen LogP contribution in [-0.2, 0) is 7.05 Å². The van der Waals surface area contributed by atoms with Crippen molar-refractivity contribution in [1.29, 1.82) is 0 Å². The molecule has 1 aliphatic rings. The third-order valence-corrected chi connectivity index (χ3v) is 5.69. The Balaban J connectivity index is 1.79. The minimum Gasteiger partial charge on any atom is -0.254 e. The Kier molecular flexibility index (Phi) is 4.83. The van der Waals surface area contributed by atoms with Crippen molar-refractivity contribution in [1.82, 2.24) is 0 Å². The third-order valence-electron chi connectivity index (χ3n) is 5.69. The minimum atomic E-state index is 0.639. The van der Waals surface area contributed by atoms with Gasteiger partial charge in [0.25, 0.3) is 0 Å². The predicted molar refractivity (Wildman–Crippen MR) is 110 cm³/mol. The van der Waals surface area contributed by atoms with Crippen molar-refractivity contribution in [3.05, 3.63) is 60.3 Å². The molecule has 2 aromatic carbocycles. The number of hydrogen-bond acceptors (Lipinski definition) is 1. The minimum absolute atomic E-state index is 0.639. The molecule has 1 fully saturated rings.